The van der Waals surface area contributed by atoms with Gasteiger partial charge in [-0.1, -0.05) is 28.6 Å². The maximum absolute atomic E-state index is 12.5. The monoisotopic (exact) mass is 484 g/mol. The topological polar surface area (TPSA) is 125 Å². The lowest BCUT2D eigenvalue weighted by atomic mass is 10.3. The van der Waals surface area contributed by atoms with Crippen molar-refractivity contribution in [3.8, 4) is 5.75 Å². The molecule has 2 aromatic rings. The fourth-order valence-corrected chi connectivity index (χ4v) is 3.24. The molecule has 154 valence electrons. The molecule has 1 N–H and O–H groups in total. The van der Waals surface area contributed by atoms with Gasteiger partial charge in [0.1, 0.15) is 10.7 Å². The summed E-state index contributed by atoms with van der Waals surface area (Å²) < 4.78 is 40.3. The summed E-state index contributed by atoms with van der Waals surface area (Å²) in [5.74, 6) is -1.71. The molecule has 1 aromatic heterocycles. The molecular weight excluding hydrogens is 468 g/mol. The molecule has 0 unspecified atom stereocenters. The van der Waals surface area contributed by atoms with E-state index in [1.807, 2.05) is 0 Å². The second kappa shape index (κ2) is 10.0. The van der Waals surface area contributed by atoms with E-state index in [2.05, 4.69) is 37.2 Å². The molecule has 0 saturated heterocycles. The van der Waals surface area contributed by atoms with Crippen molar-refractivity contribution in [3.05, 3.63) is 75.6 Å². The van der Waals surface area contributed by atoms with Gasteiger partial charge in [-0.3, -0.25) is 4.79 Å². The minimum Gasteiger partial charge on any atom is -0.501 e. The molecule has 0 saturated carbocycles. The molecule has 11 heteroatoms. The molecule has 0 amide bonds. The fraction of sp³-hybridized carbons (Fsp3) is 0.167. The van der Waals surface area contributed by atoms with Gasteiger partial charge in [-0.05, 0) is 30.3 Å². The number of esters is 1. The Balaban J connectivity index is 2.36. The summed E-state index contributed by atoms with van der Waals surface area (Å²) in [6, 6.07) is 5.54. The van der Waals surface area contributed by atoms with Crippen molar-refractivity contribution in [1.29, 1.82) is 0 Å². The number of carbonyl (C=O) groups is 1. The number of nitrogens with zero attached hydrogens (tertiary/aromatic N) is 1. The second-order valence-corrected chi connectivity index (χ2v) is 7.82. The van der Waals surface area contributed by atoms with Crippen LogP contribution in [0.4, 0.5) is 0 Å². The number of methoxy groups -OCH3 is 1. The van der Waals surface area contributed by atoms with Crippen molar-refractivity contribution >= 4 is 32.0 Å². The van der Waals surface area contributed by atoms with Crippen LogP contribution in [0.2, 0.25) is 0 Å². The number of rotatable bonds is 9. The number of aromatic amines is 1. The van der Waals surface area contributed by atoms with Crippen LogP contribution in [0, 0.1) is 0 Å². The minimum atomic E-state index is -4.39. The Morgan fingerprint density at radius 2 is 2.00 bits per heavy atom. The zero-order valence-corrected chi connectivity index (χ0v) is 17.7. The molecule has 0 aliphatic rings. The van der Waals surface area contributed by atoms with Gasteiger partial charge in [0.15, 0.2) is 5.69 Å². The number of nitrogens with one attached hydrogen (secondary N) is 1. The molecule has 0 radical (unpaired) electrons. The lowest BCUT2D eigenvalue weighted by molar-refractivity contribution is 0.0590. The molecule has 0 spiro atoms. The number of allylic oxidation sites excluding steroid dienone is 2. The number of halogens is 1. The summed E-state index contributed by atoms with van der Waals surface area (Å²) >= 11 is 3.19. The highest BCUT2D eigenvalue weighted by molar-refractivity contribution is 9.10. The highest BCUT2D eigenvalue weighted by atomic mass is 79.9. The number of ether oxygens (including phenoxy) is 2. The highest BCUT2D eigenvalue weighted by Gasteiger charge is 2.26. The number of H-pyrrole nitrogens is 1. The second-order valence-electron chi connectivity index (χ2n) is 5.36. The Bertz CT molecular complexity index is 1080. The molecule has 0 aliphatic heterocycles. The number of aromatic nitrogens is 2. The van der Waals surface area contributed by atoms with Crippen LogP contribution in [0.1, 0.15) is 16.3 Å². The quantitative estimate of drug-likeness (QED) is 0.189. The minimum absolute atomic E-state index is 0.0933. The Labute approximate surface area is 175 Å². The standard InChI is InChI=1S/C18H17BrN2O7S/c1-3-4-10-27-11-9-14-20-15(18(23)26-2)16(17(22)21-14)28-29(24,25)13-7-5-12(19)6-8-13/h3-8,10H,1,9,11H2,2H3,(H,20,21,22)/b10-4+. The van der Waals surface area contributed by atoms with Crippen LogP contribution in [0.5, 0.6) is 5.75 Å². The average molecular weight is 485 g/mol. The first-order chi connectivity index (χ1) is 13.8. The van der Waals surface area contributed by atoms with E-state index in [1.165, 1.54) is 36.6 Å². The van der Waals surface area contributed by atoms with Crippen molar-refractivity contribution in [2.24, 2.45) is 0 Å². The van der Waals surface area contributed by atoms with Gasteiger partial charge < -0.3 is 18.6 Å². The first-order valence-electron chi connectivity index (χ1n) is 8.09. The van der Waals surface area contributed by atoms with Gasteiger partial charge in [0.2, 0.25) is 5.75 Å². The van der Waals surface area contributed by atoms with Gasteiger partial charge in [0.25, 0.3) is 5.56 Å². The Kier molecular flexibility index (Phi) is 7.74. The van der Waals surface area contributed by atoms with Gasteiger partial charge in [0, 0.05) is 10.9 Å². The van der Waals surface area contributed by atoms with Crippen LogP contribution < -0.4 is 9.74 Å². The number of carbonyl (C=O) groups excluding carboxylic acids is 1. The van der Waals surface area contributed by atoms with E-state index in [0.29, 0.717) is 4.47 Å². The van der Waals surface area contributed by atoms with E-state index < -0.39 is 33.1 Å². The molecule has 29 heavy (non-hydrogen) atoms. The Morgan fingerprint density at radius 3 is 2.62 bits per heavy atom. The van der Waals surface area contributed by atoms with Crippen LogP contribution in [0.3, 0.4) is 0 Å². The Hall–Kier alpha value is -2.92. The van der Waals surface area contributed by atoms with Crippen molar-refractivity contribution in [1.82, 2.24) is 9.97 Å². The molecule has 9 nitrogen and oxygen atoms in total. The molecule has 0 atom stereocenters. The Morgan fingerprint density at radius 1 is 1.31 bits per heavy atom. The zero-order chi connectivity index (χ0) is 21.4. The first-order valence-corrected chi connectivity index (χ1v) is 10.3. The van der Waals surface area contributed by atoms with Crippen LogP contribution >= 0.6 is 15.9 Å². The highest BCUT2D eigenvalue weighted by Crippen LogP contribution is 2.20. The molecule has 0 aliphatic carbocycles. The lowest BCUT2D eigenvalue weighted by Crippen LogP contribution is -2.24. The largest absolute Gasteiger partial charge is 0.501 e. The predicted molar refractivity (Wildman–Crippen MR) is 107 cm³/mol. The van der Waals surface area contributed by atoms with Crippen LogP contribution in [0.15, 0.2) is 63.4 Å². The van der Waals surface area contributed by atoms with Gasteiger partial charge in [-0.15, -0.1) is 0 Å². The van der Waals surface area contributed by atoms with E-state index >= 15 is 0 Å². The molecular formula is C18H17BrN2O7S. The van der Waals surface area contributed by atoms with Crippen LogP contribution in [-0.4, -0.2) is 38.1 Å². The summed E-state index contributed by atoms with van der Waals surface area (Å²) in [5.41, 5.74) is -1.51. The van der Waals surface area contributed by atoms with Gasteiger partial charge in [0.05, 0.1) is 20.0 Å². The molecule has 1 aromatic carbocycles. The zero-order valence-electron chi connectivity index (χ0n) is 15.3. The lowest BCUT2D eigenvalue weighted by Gasteiger charge is -2.10. The molecule has 0 bridgehead atoms. The molecule has 0 fully saturated rings. The molecule has 1 heterocycles. The summed E-state index contributed by atoms with van der Waals surface area (Å²) in [6.07, 6.45) is 4.63. The number of hydrogen-bond acceptors (Lipinski definition) is 8. The average Bonchev–Trinajstić information content (AvgIpc) is 2.69. The normalized spacial score (nSPS) is 11.2. The van der Waals surface area contributed by atoms with Gasteiger partial charge in [-0.25, -0.2) is 9.78 Å². The SMILES string of the molecule is C=C/C=C/OCCc1nc(C(=O)OC)c(OS(=O)(=O)c2ccc(Br)cc2)c(=O)[nH]1. The van der Waals surface area contributed by atoms with Crippen molar-refractivity contribution < 1.29 is 26.9 Å². The van der Waals surface area contributed by atoms with Crippen LogP contribution in [-0.2, 0) is 26.0 Å². The summed E-state index contributed by atoms with van der Waals surface area (Å²) in [5, 5.41) is 0. The fourth-order valence-electron chi connectivity index (χ4n) is 2.03. The van der Waals surface area contributed by atoms with Crippen molar-refractivity contribution in [2.75, 3.05) is 13.7 Å². The molecule has 2 rings (SSSR count). The third-order valence-electron chi connectivity index (χ3n) is 3.37. The summed E-state index contributed by atoms with van der Waals surface area (Å²) in [6.45, 7) is 3.63. The van der Waals surface area contributed by atoms with Gasteiger partial charge >= 0.3 is 16.1 Å². The third kappa shape index (κ3) is 6.03. The van der Waals surface area contributed by atoms with Gasteiger partial charge in [-0.2, -0.15) is 8.42 Å². The van der Waals surface area contributed by atoms with E-state index in [4.69, 9.17) is 8.92 Å². The number of benzene rings is 1. The van der Waals surface area contributed by atoms with E-state index in [9.17, 15) is 18.0 Å². The number of hydrogen-bond donors (Lipinski definition) is 1. The first kappa shape index (κ1) is 22.4. The van der Waals surface area contributed by atoms with Crippen molar-refractivity contribution in [2.45, 2.75) is 11.3 Å². The van der Waals surface area contributed by atoms with E-state index in [0.717, 1.165) is 7.11 Å². The maximum Gasteiger partial charge on any atom is 0.360 e. The maximum atomic E-state index is 12.5. The smallest absolute Gasteiger partial charge is 0.360 e. The summed E-state index contributed by atoms with van der Waals surface area (Å²) in [4.78, 5) is 30.6. The summed E-state index contributed by atoms with van der Waals surface area (Å²) in [7, 11) is -3.32. The third-order valence-corrected chi connectivity index (χ3v) is 5.13. The van der Waals surface area contributed by atoms with E-state index in [-0.39, 0.29) is 23.7 Å². The van der Waals surface area contributed by atoms with Crippen molar-refractivity contribution in [3.63, 3.8) is 0 Å². The van der Waals surface area contributed by atoms with Crippen LogP contribution in [0.25, 0.3) is 0 Å². The van der Waals surface area contributed by atoms with E-state index in [1.54, 1.807) is 6.08 Å². The predicted octanol–water partition coefficient (Wildman–Crippen LogP) is 2.35.